The number of carbonyl (C=O) groups excluding carboxylic acids is 5. The molecule has 0 spiro atoms. The Hall–Kier alpha value is -1.35. The lowest BCUT2D eigenvalue weighted by atomic mass is 9.94. The van der Waals surface area contributed by atoms with E-state index in [2.05, 4.69) is 4.74 Å². The van der Waals surface area contributed by atoms with Crippen LogP contribution in [0.5, 0.6) is 0 Å². The number of hydrogen-bond acceptors (Lipinski definition) is 9. The van der Waals surface area contributed by atoms with E-state index in [1.807, 2.05) is 0 Å². The molecule has 0 rings (SSSR count). The van der Waals surface area contributed by atoms with Gasteiger partial charge in [0, 0.05) is 30.9 Å². The average molecular weight is 407 g/mol. The Morgan fingerprint density at radius 1 is 1.00 bits per heavy atom. The van der Waals surface area contributed by atoms with Gasteiger partial charge in [0.05, 0.1) is 4.75 Å². The molecule has 9 heteroatoms. The number of thioether (sulfide) groups is 2. The lowest BCUT2D eigenvalue weighted by molar-refractivity contribution is -0.148. The van der Waals surface area contributed by atoms with Crippen molar-refractivity contribution in [3.63, 3.8) is 0 Å². The third-order valence-electron chi connectivity index (χ3n) is 3.35. The van der Waals surface area contributed by atoms with Crippen molar-refractivity contribution in [1.82, 2.24) is 0 Å². The van der Waals surface area contributed by atoms with Gasteiger partial charge in [-0.25, -0.2) is 4.79 Å². The molecule has 0 heterocycles. The van der Waals surface area contributed by atoms with E-state index in [4.69, 9.17) is 4.74 Å². The highest BCUT2D eigenvalue weighted by molar-refractivity contribution is 8.15. The molecular formula is C17H26O7S2. The summed E-state index contributed by atoms with van der Waals surface area (Å²) in [6, 6.07) is 0. The van der Waals surface area contributed by atoms with Crippen LogP contribution in [0.1, 0.15) is 48.0 Å². The molecule has 0 bridgehead atoms. The first-order chi connectivity index (χ1) is 11.9. The summed E-state index contributed by atoms with van der Waals surface area (Å²) in [6.07, 6.45) is -0.0645. The third kappa shape index (κ3) is 9.96. The Bertz CT molecular complexity index is 555. The molecule has 0 aliphatic rings. The van der Waals surface area contributed by atoms with Crippen LogP contribution in [0.4, 0.5) is 4.79 Å². The highest BCUT2D eigenvalue weighted by Gasteiger charge is 2.34. The summed E-state index contributed by atoms with van der Waals surface area (Å²) in [6.45, 7) is 8.68. The number of carbonyl (C=O) groups is 5. The normalized spacial score (nSPS) is 12.4. The number of ether oxygens (including phenoxy) is 2. The molecule has 0 unspecified atom stereocenters. The molecule has 0 fully saturated rings. The van der Waals surface area contributed by atoms with E-state index in [0.29, 0.717) is 11.8 Å². The van der Waals surface area contributed by atoms with E-state index in [1.165, 1.54) is 13.8 Å². The molecule has 0 saturated carbocycles. The zero-order chi connectivity index (χ0) is 20.5. The largest absolute Gasteiger partial charge is 0.428 e. The Balaban J connectivity index is 4.69. The van der Waals surface area contributed by atoms with Crippen LogP contribution in [0, 0.1) is 11.8 Å². The maximum atomic E-state index is 12.5. The van der Waals surface area contributed by atoms with Crippen LogP contribution in [0.3, 0.4) is 0 Å². The average Bonchev–Trinajstić information content (AvgIpc) is 2.49. The van der Waals surface area contributed by atoms with Crippen LogP contribution in [0.25, 0.3) is 0 Å². The summed E-state index contributed by atoms with van der Waals surface area (Å²) in [5.74, 6) is -1.58. The molecule has 0 saturated heterocycles. The fraction of sp³-hybridized carbons (Fsp3) is 0.706. The van der Waals surface area contributed by atoms with Gasteiger partial charge in [-0.3, -0.25) is 19.2 Å². The first kappa shape index (κ1) is 24.7. The van der Waals surface area contributed by atoms with E-state index >= 15 is 0 Å². The smallest absolute Gasteiger partial charge is 0.371 e. The lowest BCUT2D eigenvalue weighted by Gasteiger charge is -2.23. The van der Waals surface area contributed by atoms with Crippen molar-refractivity contribution in [2.75, 3.05) is 12.5 Å². The summed E-state index contributed by atoms with van der Waals surface area (Å²) < 4.78 is 8.09. The summed E-state index contributed by atoms with van der Waals surface area (Å²) in [4.78, 5) is 58.4. The SMILES string of the molecule is CC(=O)OCOC(=O)SC(C)(C)C(=O)C[C@@H](CSC(=O)C(C)C)C(C)=O. The Morgan fingerprint density at radius 2 is 1.58 bits per heavy atom. The standard InChI is InChI=1S/C17H26O7S2/c1-10(2)15(21)25-8-13(11(3)18)7-14(20)17(5,6)26-16(22)24-9-23-12(4)19/h10,13H,7-9H2,1-6H3/t13-/m0/s1. The molecule has 7 nitrogen and oxygen atoms in total. The number of rotatable bonds is 10. The van der Waals surface area contributed by atoms with Gasteiger partial charge >= 0.3 is 11.3 Å². The molecule has 0 aromatic heterocycles. The molecule has 0 amide bonds. The van der Waals surface area contributed by atoms with Crippen molar-refractivity contribution in [3.8, 4) is 0 Å². The summed E-state index contributed by atoms with van der Waals surface area (Å²) >= 11 is 1.70. The van der Waals surface area contributed by atoms with Gasteiger partial charge < -0.3 is 9.47 Å². The quantitative estimate of drug-likeness (QED) is 0.399. The second-order valence-electron chi connectivity index (χ2n) is 6.48. The van der Waals surface area contributed by atoms with E-state index < -0.39 is 28.7 Å². The number of hydrogen-bond donors (Lipinski definition) is 0. The predicted octanol–water partition coefficient (Wildman–Crippen LogP) is 3.24. The molecule has 0 aliphatic carbocycles. The zero-order valence-corrected chi connectivity index (χ0v) is 17.6. The van der Waals surface area contributed by atoms with Crippen molar-refractivity contribution in [2.45, 2.75) is 52.7 Å². The maximum Gasteiger partial charge on any atom is 0.371 e. The van der Waals surface area contributed by atoms with Crippen LogP contribution in [0.15, 0.2) is 0 Å². The fourth-order valence-electron chi connectivity index (χ4n) is 1.59. The van der Waals surface area contributed by atoms with E-state index in [1.54, 1.807) is 27.7 Å². The Kier molecular flexibility index (Phi) is 10.8. The maximum absolute atomic E-state index is 12.5. The minimum absolute atomic E-state index is 0.0358. The van der Waals surface area contributed by atoms with Gasteiger partial charge in [0.15, 0.2) is 5.12 Å². The molecule has 0 aromatic rings. The molecule has 0 aromatic carbocycles. The lowest BCUT2D eigenvalue weighted by Crippen LogP contribution is -2.33. The predicted molar refractivity (Wildman–Crippen MR) is 101 cm³/mol. The minimum atomic E-state index is -1.12. The van der Waals surface area contributed by atoms with Gasteiger partial charge in [0.1, 0.15) is 11.6 Å². The highest BCUT2D eigenvalue weighted by Crippen LogP contribution is 2.30. The van der Waals surface area contributed by atoms with Crippen molar-refractivity contribution >= 4 is 51.5 Å². The van der Waals surface area contributed by atoms with Crippen molar-refractivity contribution in [3.05, 3.63) is 0 Å². The summed E-state index contributed by atoms with van der Waals surface area (Å²) in [7, 11) is 0. The molecule has 26 heavy (non-hydrogen) atoms. The first-order valence-corrected chi connectivity index (χ1v) is 9.86. The Labute approximate surface area is 162 Å². The summed E-state index contributed by atoms with van der Waals surface area (Å²) in [5.41, 5.74) is 0. The molecule has 0 aliphatic heterocycles. The van der Waals surface area contributed by atoms with Gasteiger partial charge in [0.25, 0.3) is 0 Å². The molecular weight excluding hydrogens is 380 g/mol. The van der Waals surface area contributed by atoms with Gasteiger partial charge in [0.2, 0.25) is 6.79 Å². The van der Waals surface area contributed by atoms with Gasteiger partial charge in [-0.15, -0.1) is 0 Å². The number of ketones is 2. The monoisotopic (exact) mass is 406 g/mol. The first-order valence-electron chi connectivity index (χ1n) is 8.06. The molecule has 148 valence electrons. The van der Waals surface area contributed by atoms with Crippen LogP contribution in [0.2, 0.25) is 0 Å². The topological polar surface area (TPSA) is 104 Å². The van der Waals surface area contributed by atoms with Gasteiger partial charge in [-0.2, -0.15) is 0 Å². The molecule has 1 atom stereocenters. The van der Waals surface area contributed by atoms with Crippen LogP contribution in [-0.2, 0) is 28.7 Å². The van der Waals surface area contributed by atoms with Crippen molar-refractivity contribution in [2.24, 2.45) is 11.8 Å². The fourth-order valence-corrected chi connectivity index (χ4v) is 3.37. The molecule has 0 radical (unpaired) electrons. The van der Waals surface area contributed by atoms with Crippen LogP contribution < -0.4 is 0 Å². The number of Topliss-reactive ketones (excluding diaryl/α,β-unsaturated/α-hetero) is 2. The zero-order valence-electron chi connectivity index (χ0n) is 16.0. The minimum Gasteiger partial charge on any atom is -0.428 e. The molecule has 0 N–H and O–H groups in total. The summed E-state index contributed by atoms with van der Waals surface area (Å²) in [5, 5.41) is -0.792. The second kappa shape index (κ2) is 11.4. The van der Waals surface area contributed by atoms with Crippen molar-refractivity contribution < 1.29 is 33.4 Å². The van der Waals surface area contributed by atoms with E-state index in [9.17, 15) is 24.0 Å². The van der Waals surface area contributed by atoms with Crippen LogP contribution in [-0.4, -0.2) is 45.2 Å². The van der Waals surface area contributed by atoms with E-state index in [-0.39, 0.29) is 34.8 Å². The van der Waals surface area contributed by atoms with E-state index in [0.717, 1.165) is 11.8 Å². The highest BCUT2D eigenvalue weighted by atomic mass is 32.2. The van der Waals surface area contributed by atoms with Crippen LogP contribution >= 0.6 is 23.5 Å². The van der Waals surface area contributed by atoms with Gasteiger partial charge in [-0.05, 0) is 32.5 Å². The Morgan fingerprint density at radius 3 is 2.04 bits per heavy atom. The number of esters is 1. The van der Waals surface area contributed by atoms with Gasteiger partial charge in [-0.1, -0.05) is 25.6 Å². The second-order valence-corrected chi connectivity index (χ2v) is 9.06. The third-order valence-corrected chi connectivity index (χ3v) is 5.70. The van der Waals surface area contributed by atoms with Crippen molar-refractivity contribution in [1.29, 1.82) is 0 Å².